The van der Waals surface area contributed by atoms with Gasteiger partial charge in [0.25, 0.3) is 0 Å². The van der Waals surface area contributed by atoms with Gasteiger partial charge in [-0.1, -0.05) is 6.07 Å². The molecule has 0 aromatic carbocycles. The van der Waals surface area contributed by atoms with Crippen molar-refractivity contribution in [2.45, 2.75) is 13.5 Å². The predicted molar refractivity (Wildman–Crippen MR) is 68.3 cm³/mol. The monoisotopic (exact) mass is 239 g/mol. The minimum atomic E-state index is 0.625. The van der Waals surface area contributed by atoms with Crippen LogP contribution in [0.3, 0.4) is 0 Å². The maximum absolute atomic E-state index is 5.09. The molecule has 16 heavy (non-hydrogen) atoms. The normalized spacial score (nSPS) is 9.88. The average molecular weight is 239 g/mol. The molecule has 1 aromatic rings. The van der Waals surface area contributed by atoms with Crippen molar-refractivity contribution in [3.8, 4) is 0 Å². The highest BCUT2D eigenvalue weighted by Gasteiger charge is 1.97. The van der Waals surface area contributed by atoms with Gasteiger partial charge in [-0.3, -0.25) is 4.98 Å². The summed E-state index contributed by atoms with van der Waals surface area (Å²) in [6, 6.07) is 5.93. The molecular formula is C11H17N3OS. The molecule has 0 saturated carbocycles. The standard InChI is InChI=1S/C11H17N3OS/c1-9-4-3-5-10(14-9)8-13-11(16)12-6-7-15-2/h3-5H,6-8H2,1-2H3,(H2,12,13,16). The van der Waals surface area contributed by atoms with Crippen molar-refractivity contribution in [2.24, 2.45) is 0 Å². The summed E-state index contributed by atoms with van der Waals surface area (Å²) in [6.45, 7) is 3.97. The topological polar surface area (TPSA) is 46.2 Å². The van der Waals surface area contributed by atoms with Crippen LogP contribution in [0.15, 0.2) is 18.2 Å². The fourth-order valence-electron chi connectivity index (χ4n) is 1.20. The predicted octanol–water partition coefficient (Wildman–Crippen LogP) is 1.00. The molecule has 0 unspecified atom stereocenters. The Labute approximate surface area is 101 Å². The lowest BCUT2D eigenvalue weighted by Crippen LogP contribution is -2.36. The van der Waals surface area contributed by atoms with Crippen molar-refractivity contribution in [3.63, 3.8) is 0 Å². The van der Waals surface area contributed by atoms with Gasteiger partial charge < -0.3 is 15.4 Å². The average Bonchev–Trinajstić information content (AvgIpc) is 2.27. The Balaban J connectivity index is 2.26. The second kappa shape index (κ2) is 7.14. The van der Waals surface area contributed by atoms with Crippen LogP contribution < -0.4 is 10.6 Å². The molecule has 0 saturated heterocycles. The Bertz CT molecular complexity index is 344. The molecule has 0 aliphatic rings. The van der Waals surface area contributed by atoms with Gasteiger partial charge in [0.2, 0.25) is 0 Å². The molecule has 0 aliphatic heterocycles. The first kappa shape index (κ1) is 12.9. The van der Waals surface area contributed by atoms with Crippen molar-refractivity contribution in [1.29, 1.82) is 0 Å². The van der Waals surface area contributed by atoms with Gasteiger partial charge >= 0.3 is 0 Å². The second-order valence-corrected chi connectivity index (χ2v) is 3.78. The molecule has 0 amide bonds. The first-order valence-electron chi connectivity index (χ1n) is 5.15. The molecule has 0 spiro atoms. The molecule has 5 heteroatoms. The molecule has 88 valence electrons. The summed E-state index contributed by atoms with van der Waals surface area (Å²) >= 11 is 5.09. The van der Waals surface area contributed by atoms with Gasteiger partial charge in [-0.05, 0) is 31.3 Å². The minimum Gasteiger partial charge on any atom is -0.383 e. The van der Waals surface area contributed by atoms with Crippen LogP contribution in [0.4, 0.5) is 0 Å². The van der Waals surface area contributed by atoms with Crippen molar-refractivity contribution < 1.29 is 4.74 Å². The summed E-state index contributed by atoms with van der Waals surface area (Å²) in [4.78, 5) is 4.37. The Morgan fingerprint density at radius 1 is 1.44 bits per heavy atom. The highest BCUT2D eigenvalue weighted by molar-refractivity contribution is 7.80. The fraction of sp³-hybridized carbons (Fsp3) is 0.455. The summed E-state index contributed by atoms with van der Waals surface area (Å²) in [5.41, 5.74) is 1.99. The van der Waals surface area contributed by atoms with E-state index in [9.17, 15) is 0 Å². The van der Waals surface area contributed by atoms with Gasteiger partial charge in [0.05, 0.1) is 18.8 Å². The van der Waals surface area contributed by atoms with Crippen LogP contribution in [-0.4, -0.2) is 30.4 Å². The zero-order valence-electron chi connectivity index (χ0n) is 9.62. The lowest BCUT2D eigenvalue weighted by Gasteiger charge is -2.09. The molecule has 1 rings (SSSR count). The van der Waals surface area contributed by atoms with E-state index in [-0.39, 0.29) is 0 Å². The van der Waals surface area contributed by atoms with Crippen LogP contribution in [0, 0.1) is 6.92 Å². The SMILES string of the molecule is COCCNC(=S)NCc1cccc(C)n1. The minimum absolute atomic E-state index is 0.625. The van der Waals surface area contributed by atoms with Crippen molar-refractivity contribution >= 4 is 17.3 Å². The number of aryl methyl sites for hydroxylation is 1. The summed E-state index contributed by atoms with van der Waals surface area (Å²) in [7, 11) is 1.66. The Hall–Kier alpha value is -1.20. The summed E-state index contributed by atoms with van der Waals surface area (Å²) in [6.07, 6.45) is 0. The number of thiocarbonyl (C=S) groups is 1. The first-order chi connectivity index (χ1) is 7.72. The van der Waals surface area contributed by atoms with Crippen LogP contribution in [0.25, 0.3) is 0 Å². The summed E-state index contributed by atoms with van der Waals surface area (Å²) in [5.74, 6) is 0. The van der Waals surface area contributed by atoms with E-state index in [0.717, 1.165) is 11.4 Å². The van der Waals surface area contributed by atoms with E-state index in [4.69, 9.17) is 17.0 Å². The quantitative estimate of drug-likeness (QED) is 0.593. The third-order valence-electron chi connectivity index (χ3n) is 1.97. The van der Waals surface area contributed by atoms with E-state index in [1.54, 1.807) is 7.11 Å². The van der Waals surface area contributed by atoms with Crippen molar-refractivity contribution in [3.05, 3.63) is 29.6 Å². The number of hydrogen-bond acceptors (Lipinski definition) is 3. The van der Waals surface area contributed by atoms with Crippen molar-refractivity contribution in [2.75, 3.05) is 20.3 Å². The number of pyridine rings is 1. The third kappa shape index (κ3) is 5.04. The van der Waals surface area contributed by atoms with E-state index in [1.165, 1.54) is 0 Å². The molecule has 0 atom stereocenters. The number of rotatable bonds is 5. The number of nitrogens with one attached hydrogen (secondary N) is 2. The van der Waals surface area contributed by atoms with Crippen LogP contribution in [0.2, 0.25) is 0 Å². The second-order valence-electron chi connectivity index (χ2n) is 3.37. The molecule has 1 aromatic heterocycles. The number of ether oxygens (including phenoxy) is 1. The highest BCUT2D eigenvalue weighted by Crippen LogP contribution is 1.96. The highest BCUT2D eigenvalue weighted by atomic mass is 32.1. The zero-order chi connectivity index (χ0) is 11.8. The molecular weight excluding hydrogens is 222 g/mol. The Morgan fingerprint density at radius 3 is 2.94 bits per heavy atom. The Morgan fingerprint density at radius 2 is 2.25 bits per heavy atom. The van der Waals surface area contributed by atoms with Gasteiger partial charge in [-0.15, -0.1) is 0 Å². The van der Waals surface area contributed by atoms with Crippen LogP contribution >= 0.6 is 12.2 Å². The van der Waals surface area contributed by atoms with E-state index in [2.05, 4.69) is 15.6 Å². The molecule has 0 radical (unpaired) electrons. The van der Waals surface area contributed by atoms with Gasteiger partial charge in [0, 0.05) is 19.3 Å². The van der Waals surface area contributed by atoms with Crippen LogP contribution in [0.1, 0.15) is 11.4 Å². The van der Waals surface area contributed by atoms with E-state index in [1.807, 2.05) is 25.1 Å². The number of nitrogens with zero attached hydrogens (tertiary/aromatic N) is 1. The Kier molecular flexibility index (Phi) is 5.74. The van der Waals surface area contributed by atoms with E-state index >= 15 is 0 Å². The molecule has 0 fully saturated rings. The van der Waals surface area contributed by atoms with Crippen LogP contribution in [0.5, 0.6) is 0 Å². The lowest BCUT2D eigenvalue weighted by atomic mass is 10.3. The molecule has 0 aliphatic carbocycles. The smallest absolute Gasteiger partial charge is 0.166 e. The number of aromatic nitrogens is 1. The van der Waals surface area contributed by atoms with E-state index < -0.39 is 0 Å². The summed E-state index contributed by atoms with van der Waals surface area (Å²) < 4.78 is 4.91. The third-order valence-corrected chi connectivity index (χ3v) is 2.26. The first-order valence-corrected chi connectivity index (χ1v) is 5.56. The van der Waals surface area contributed by atoms with Gasteiger partial charge in [-0.25, -0.2) is 0 Å². The van der Waals surface area contributed by atoms with Gasteiger partial charge in [0.15, 0.2) is 5.11 Å². The number of hydrogen-bond donors (Lipinski definition) is 2. The molecule has 2 N–H and O–H groups in total. The molecule has 1 heterocycles. The molecule has 0 bridgehead atoms. The van der Waals surface area contributed by atoms with Gasteiger partial charge in [-0.2, -0.15) is 0 Å². The van der Waals surface area contributed by atoms with E-state index in [0.29, 0.717) is 24.8 Å². The maximum atomic E-state index is 5.09. The molecule has 4 nitrogen and oxygen atoms in total. The maximum Gasteiger partial charge on any atom is 0.166 e. The largest absolute Gasteiger partial charge is 0.383 e. The zero-order valence-corrected chi connectivity index (χ0v) is 10.4. The van der Waals surface area contributed by atoms with Gasteiger partial charge in [0.1, 0.15) is 0 Å². The van der Waals surface area contributed by atoms with Crippen molar-refractivity contribution in [1.82, 2.24) is 15.6 Å². The lowest BCUT2D eigenvalue weighted by molar-refractivity contribution is 0.204. The number of methoxy groups -OCH3 is 1. The summed E-state index contributed by atoms with van der Waals surface area (Å²) in [5, 5.41) is 6.75. The van der Waals surface area contributed by atoms with Crippen LogP contribution in [-0.2, 0) is 11.3 Å². The fourth-order valence-corrected chi connectivity index (χ4v) is 1.37.